The minimum atomic E-state index is -2.13. The standard InChI is InChI=1S/C8H5Cl3O3/c9-8(10,11)7(12)14-13-6-4-2-1-3-5-6/h1-5H. The third-order valence-corrected chi connectivity index (χ3v) is 1.65. The second-order valence-electron chi connectivity index (χ2n) is 2.26. The Morgan fingerprint density at radius 3 is 2.21 bits per heavy atom. The Bertz CT molecular complexity index is 307. The maximum Gasteiger partial charge on any atom is 0.406 e. The molecule has 0 aliphatic carbocycles. The first-order valence-corrected chi connectivity index (χ1v) is 4.64. The highest BCUT2D eigenvalue weighted by atomic mass is 35.6. The number of halogens is 3. The summed E-state index contributed by atoms with van der Waals surface area (Å²) in [7, 11) is 0. The zero-order valence-corrected chi connectivity index (χ0v) is 9.01. The minimum absolute atomic E-state index is 0.343. The highest BCUT2D eigenvalue weighted by molar-refractivity contribution is 6.75. The van der Waals surface area contributed by atoms with Gasteiger partial charge in [0.05, 0.1) is 0 Å². The Morgan fingerprint density at radius 1 is 1.14 bits per heavy atom. The molecule has 0 aliphatic rings. The van der Waals surface area contributed by atoms with Crippen LogP contribution in [0.3, 0.4) is 0 Å². The maximum absolute atomic E-state index is 10.9. The molecule has 0 radical (unpaired) electrons. The molecule has 0 aliphatic heterocycles. The summed E-state index contributed by atoms with van der Waals surface area (Å²) in [4.78, 5) is 19.7. The molecule has 76 valence electrons. The van der Waals surface area contributed by atoms with E-state index in [1.165, 1.54) is 0 Å². The first-order chi connectivity index (χ1) is 6.50. The van der Waals surface area contributed by atoms with Gasteiger partial charge in [-0.25, -0.2) is 9.68 Å². The van der Waals surface area contributed by atoms with Gasteiger partial charge in [0.25, 0.3) is 3.79 Å². The Morgan fingerprint density at radius 2 is 1.71 bits per heavy atom. The van der Waals surface area contributed by atoms with E-state index in [0.717, 1.165) is 0 Å². The fraction of sp³-hybridized carbons (Fsp3) is 0.125. The molecule has 0 amide bonds. The van der Waals surface area contributed by atoms with Crippen LogP contribution in [0.15, 0.2) is 30.3 Å². The van der Waals surface area contributed by atoms with E-state index in [1.807, 2.05) is 0 Å². The predicted molar refractivity (Wildman–Crippen MR) is 53.5 cm³/mol. The zero-order chi connectivity index (χ0) is 10.6. The summed E-state index contributed by atoms with van der Waals surface area (Å²) in [5.74, 6) is -0.749. The first kappa shape index (κ1) is 11.4. The lowest BCUT2D eigenvalue weighted by molar-refractivity contribution is -0.212. The van der Waals surface area contributed by atoms with Crippen LogP contribution >= 0.6 is 34.8 Å². The Kier molecular flexibility index (Phi) is 3.86. The van der Waals surface area contributed by atoms with Crippen LogP contribution in [0.2, 0.25) is 0 Å². The smallest absolute Gasteiger partial charge is 0.287 e. The number of rotatable bonds is 2. The number of hydrogen-bond acceptors (Lipinski definition) is 3. The van der Waals surface area contributed by atoms with E-state index in [2.05, 4.69) is 9.78 Å². The highest BCUT2D eigenvalue weighted by Crippen LogP contribution is 2.27. The number of para-hydroxylation sites is 1. The lowest BCUT2D eigenvalue weighted by Gasteiger charge is -2.08. The summed E-state index contributed by atoms with van der Waals surface area (Å²) >= 11 is 15.7. The van der Waals surface area contributed by atoms with Gasteiger partial charge in [-0.2, -0.15) is 0 Å². The third-order valence-electron chi connectivity index (χ3n) is 1.19. The van der Waals surface area contributed by atoms with Crippen molar-refractivity contribution in [3.63, 3.8) is 0 Å². The van der Waals surface area contributed by atoms with E-state index in [4.69, 9.17) is 34.8 Å². The lowest BCUT2D eigenvalue weighted by Crippen LogP contribution is -2.23. The molecule has 6 heteroatoms. The topological polar surface area (TPSA) is 35.5 Å². The van der Waals surface area contributed by atoms with Crippen LogP contribution in [-0.4, -0.2) is 9.76 Å². The van der Waals surface area contributed by atoms with E-state index in [9.17, 15) is 4.79 Å². The van der Waals surface area contributed by atoms with Crippen molar-refractivity contribution in [1.82, 2.24) is 0 Å². The molecule has 1 rings (SSSR count). The Balaban J connectivity index is 2.46. The third kappa shape index (κ3) is 3.62. The molecule has 0 bridgehead atoms. The normalized spacial score (nSPS) is 10.8. The van der Waals surface area contributed by atoms with Crippen LogP contribution < -0.4 is 4.89 Å². The van der Waals surface area contributed by atoms with Crippen molar-refractivity contribution >= 4 is 40.8 Å². The van der Waals surface area contributed by atoms with Gasteiger partial charge >= 0.3 is 5.97 Å². The number of hydrogen-bond donors (Lipinski definition) is 0. The minimum Gasteiger partial charge on any atom is -0.287 e. The fourth-order valence-corrected chi connectivity index (χ4v) is 0.704. The highest BCUT2D eigenvalue weighted by Gasteiger charge is 2.34. The van der Waals surface area contributed by atoms with Gasteiger partial charge in [0.1, 0.15) is 0 Å². The van der Waals surface area contributed by atoms with Crippen molar-refractivity contribution in [2.24, 2.45) is 0 Å². The fourth-order valence-electron chi connectivity index (χ4n) is 0.609. The summed E-state index contributed by atoms with van der Waals surface area (Å²) in [6.45, 7) is 0. The van der Waals surface area contributed by atoms with Crippen LogP contribution in [0.4, 0.5) is 0 Å². The van der Waals surface area contributed by atoms with E-state index in [0.29, 0.717) is 5.75 Å². The quantitative estimate of drug-likeness (QED) is 0.463. The van der Waals surface area contributed by atoms with Crippen LogP contribution in [0.1, 0.15) is 0 Å². The van der Waals surface area contributed by atoms with Gasteiger partial charge in [-0.15, -0.1) is 0 Å². The van der Waals surface area contributed by atoms with Gasteiger partial charge in [-0.05, 0) is 12.1 Å². The molecule has 0 unspecified atom stereocenters. The van der Waals surface area contributed by atoms with Gasteiger partial charge in [0.2, 0.25) is 0 Å². The van der Waals surface area contributed by atoms with Gasteiger partial charge < -0.3 is 0 Å². The monoisotopic (exact) mass is 254 g/mol. The van der Waals surface area contributed by atoms with E-state index >= 15 is 0 Å². The lowest BCUT2D eigenvalue weighted by atomic mass is 10.3. The molecule has 0 fully saturated rings. The molecule has 0 aromatic heterocycles. The van der Waals surface area contributed by atoms with Crippen molar-refractivity contribution in [3.05, 3.63) is 30.3 Å². The Labute approximate surface area is 95.4 Å². The van der Waals surface area contributed by atoms with Gasteiger partial charge in [-0.1, -0.05) is 53.0 Å². The molecule has 3 nitrogen and oxygen atoms in total. The van der Waals surface area contributed by atoms with Gasteiger partial charge in [0, 0.05) is 0 Å². The van der Waals surface area contributed by atoms with Crippen molar-refractivity contribution in [2.45, 2.75) is 3.79 Å². The second-order valence-corrected chi connectivity index (χ2v) is 4.55. The number of benzene rings is 1. The molecule has 0 saturated carbocycles. The average molecular weight is 255 g/mol. The second kappa shape index (κ2) is 4.73. The zero-order valence-electron chi connectivity index (χ0n) is 6.75. The van der Waals surface area contributed by atoms with Crippen LogP contribution in [0, 0.1) is 0 Å². The molecular weight excluding hydrogens is 250 g/mol. The molecule has 0 heterocycles. The van der Waals surface area contributed by atoms with Crippen molar-refractivity contribution in [1.29, 1.82) is 0 Å². The average Bonchev–Trinajstić information content (AvgIpc) is 2.14. The number of carbonyl (C=O) groups excluding carboxylic acids is 1. The Hall–Kier alpha value is -0.640. The molecule has 0 saturated heterocycles. The molecule has 0 N–H and O–H groups in total. The van der Waals surface area contributed by atoms with Crippen molar-refractivity contribution < 1.29 is 14.6 Å². The molecular formula is C8H5Cl3O3. The predicted octanol–water partition coefficient (Wildman–Crippen LogP) is 2.89. The number of alkyl halides is 3. The number of carbonyl (C=O) groups is 1. The molecule has 1 aromatic rings. The summed E-state index contributed by atoms with van der Waals surface area (Å²) < 4.78 is -2.13. The van der Waals surface area contributed by atoms with Crippen LogP contribution in [0.5, 0.6) is 5.75 Å². The first-order valence-electron chi connectivity index (χ1n) is 3.51. The van der Waals surface area contributed by atoms with Gasteiger partial charge in [-0.3, -0.25) is 4.89 Å². The SMILES string of the molecule is O=C(OOc1ccccc1)C(Cl)(Cl)Cl. The molecule has 0 spiro atoms. The van der Waals surface area contributed by atoms with Crippen LogP contribution in [0.25, 0.3) is 0 Å². The molecule has 1 aromatic carbocycles. The van der Waals surface area contributed by atoms with Crippen LogP contribution in [-0.2, 0) is 9.68 Å². The summed E-state index contributed by atoms with van der Waals surface area (Å²) in [5.41, 5.74) is 0. The summed E-state index contributed by atoms with van der Waals surface area (Å²) in [6, 6.07) is 8.37. The largest absolute Gasteiger partial charge is 0.406 e. The van der Waals surface area contributed by atoms with Crippen molar-refractivity contribution in [3.8, 4) is 5.75 Å². The summed E-state index contributed by atoms with van der Waals surface area (Å²) in [6.07, 6.45) is 0. The maximum atomic E-state index is 10.9. The van der Waals surface area contributed by atoms with Gasteiger partial charge in [0.15, 0.2) is 5.75 Å². The molecule has 14 heavy (non-hydrogen) atoms. The summed E-state index contributed by atoms with van der Waals surface area (Å²) in [5, 5.41) is 0. The van der Waals surface area contributed by atoms with E-state index < -0.39 is 9.76 Å². The van der Waals surface area contributed by atoms with E-state index in [1.54, 1.807) is 30.3 Å². The molecule has 0 atom stereocenters. The van der Waals surface area contributed by atoms with Crippen molar-refractivity contribution in [2.75, 3.05) is 0 Å². The van der Waals surface area contributed by atoms with E-state index in [-0.39, 0.29) is 0 Å².